The summed E-state index contributed by atoms with van der Waals surface area (Å²) in [6.07, 6.45) is 1.86. The predicted molar refractivity (Wildman–Crippen MR) is 140 cm³/mol. The molecule has 184 valence electrons. The number of hydrogen-bond acceptors (Lipinski definition) is 4. The van der Waals surface area contributed by atoms with Crippen molar-refractivity contribution in [2.24, 2.45) is 0 Å². The van der Waals surface area contributed by atoms with Crippen molar-refractivity contribution < 1.29 is 14.3 Å². The molecule has 1 saturated heterocycles. The van der Waals surface area contributed by atoms with Gasteiger partial charge in [0.15, 0.2) is 11.5 Å². The van der Waals surface area contributed by atoms with E-state index in [1.54, 1.807) is 7.11 Å². The number of ether oxygens (including phenoxy) is 2. The molecule has 3 aromatic rings. The van der Waals surface area contributed by atoms with Gasteiger partial charge in [0.2, 0.25) is 5.91 Å². The molecule has 0 aromatic heterocycles. The van der Waals surface area contributed by atoms with Gasteiger partial charge in [0.25, 0.3) is 0 Å². The summed E-state index contributed by atoms with van der Waals surface area (Å²) in [7, 11) is 1.64. The highest BCUT2D eigenvalue weighted by Crippen LogP contribution is 2.31. The molecule has 1 aliphatic heterocycles. The summed E-state index contributed by atoms with van der Waals surface area (Å²) in [5.41, 5.74) is 1.56. The van der Waals surface area contributed by atoms with Crippen LogP contribution in [0.15, 0.2) is 72.8 Å². The summed E-state index contributed by atoms with van der Waals surface area (Å²) >= 11 is 6.01. The molecule has 1 heterocycles. The van der Waals surface area contributed by atoms with E-state index in [0.29, 0.717) is 16.5 Å². The van der Waals surface area contributed by atoms with Gasteiger partial charge in [0, 0.05) is 30.7 Å². The van der Waals surface area contributed by atoms with Gasteiger partial charge in [0.1, 0.15) is 5.75 Å². The molecule has 0 radical (unpaired) electrons. The summed E-state index contributed by atoms with van der Waals surface area (Å²) in [5, 5.41) is 3.95. The Morgan fingerprint density at radius 3 is 2.37 bits per heavy atom. The SMILES string of the molecule is COc1ccccc1Oc1cccc(CN2CCC(NC(=O)C(C)(C)c3ccc(Cl)cc3)CC2)c1. The van der Waals surface area contributed by atoms with Crippen molar-refractivity contribution in [3.8, 4) is 17.2 Å². The van der Waals surface area contributed by atoms with E-state index in [0.717, 1.165) is 43.8 Å². The first-order valence-corrected chi connectivity index (χ1v) is 12.4. The molecule has 1 N–H and O–H groups in total. The summed E-state index contributed by atoms with van der Waals surface area (Å²) in [5.74, 6) is 2.25. The average molecular weight is 493 g/mol. The number of nitrogens with one attached hydrogen (secondary N) is 1. The van der Waals surface area contributed by atoms with Gasteiger partial charge >= 0.3 is 0 Å². The molecule has 0 saturated carbocycles. The van der Waals surface area contributed by atoms with Crippen LogP contribution in [0.25, 0.3) is 0 Å². The highest BCUT2D eigenvalue weighted by molar-refractivity contribution is 6.30. The molecule has 0 atom stereocenters. The van der Waals surface area contributed by atoms with Crippen LogP contribution < -0.4 is 14.8 Å². The number of carbonyl (C=O) groups excluding carboxylic acids is 1. The Labute approximate surface area is 213 Å². The van der Waals surface area contributed by atoms with Gasteiger partial charge in [-0.15, -0.1) is 0 Å². The Morgan fingerprint density at radius 1 is 1.00 bits per heavy atom. The molecule has 6 heteroatoms. The Bertz CT molecular complexity index is 1140. The number of nitrogens with zero attached hydrogens (tertiary/aromatic N) is 1. The summed E-state index contributed by atoms with van der Waals surface area (Å²) in [4.78, 5) is 15.5. The lowest BCUT2D eigenvalue weighted by molar-refractivity contribution is -0.126. The van der Waals surface area contributed by atoms with Crippen LogP contribution >= 0.6 is 11.6 Å². The van der Waals surface area contributed by atoms with E-state index in [9.17, 15) is 4.79 Å². The Kier molecular flexibility index (Phi) is 7.99. The number of carbonyl (C=O) groups is 1. The average Bonchev–Trinajstić information content (AvgIpc) is 2.86. The van der Waals surface area contributed by atoms with Gasteiger partial charge in [0.05, 0.1) is 12.5 Å². The van der Waals surface area contributed by atoms with Crippen molar-refractivity contribution in [1.29, 1.82) is 0 Å². The van der Waals surface area contributed by atoms with E-state index < -0.39 is 5.41 Å². The fourth-order valence-electron chi connectivity index (χ4n) is 4.39. The zero-order valence-corrected chi connectivity index (χ0v) is 21.3. The zero-order valence-electron chi connectivity index (χ0n) is 20.6. The van der Waals surface area contributed by atoms with Crippen molar-refractivity contribution in [3.63, 3.8) is 0 Å². The van der Waals surface area contributed by atoms with E-state index in [1.165, 1.54) is 5.56 Å². The van der Waals surface area contributed by atoms with Gasteiger partial charge in [-0.25, -0.2) is 0 Å². The molecule has 1 amide bonds. The van der Waals surface area contributed by atoms with E-state index in [4.69, 9.17) is 21.1 Å². The standard InChI is InChI=1S/C29H33ClN2O3/c1-29(2,22-11-13-23(30)14-12-22)28(33)31-24-15-17-32(18-16-24)20-21-7-6-8-25(19-21)35-27-10-5-4-9-26(27)34-3/h4-14,19,24H,15-18,20H2,1-3H3,(H,31,33). The maximum Gasteiger partial charge on any atom is 0.230 e. The van der Waals surface area contributed by atoms with Crippen LogP contribution in [0, 0.1) is 0 Å². The lowest BCUT2D eigenvalue weighted by Crippen LogP contribution is -2.49. The van der Waals surface area contributed by atoms with Crippen LogP contribution in [0.1, 0.15) is 37.8 Å². The molecule has 3 aromatic carbocycles. The molecular weight excluding hydrogens is 460 g/mol. The smallest absolute Gasteiger partial charge is 0.230 e. The van der Waals surface area contributed by atoms with E-state index in [1.807, 2.05) is 74.5 Å². The van der Waals surface area contributed by atoms with Gasteiger partial charge in [-0.1, -0.05) is 48.0 Å². The third-order valence-corrected chi connectivity index (χ3v) is 6.91. The van der Waals surface area contributed by atoms with Gasteiger partial charge < -0.3 is 14.8 Å². The third-order valence-electron chi connectivity index (χ3n) is 6.66. The summed E-state index contributed by atoms with van der Waals surface area (Å²) < 4.78 is 11.5. The fourth-order valence-corrected chi connectivity index (χ4v) is 4.52. The van der Waals surface area contributed by atoms with E-state index >= 15 is 0 Å². The van der Waals surface area contributed by atoms with E-state index in [2.05, 4.69) is 22.3 Å². The molecule has 0 bridgehead atoms. The zero-order chi connectivity index (χ0) is 24.8. The number of likely N-dealkylation sites (tertiary alicyclic amines) is 1. The minimum atomic E-state index is -0.608. The highest BCUT2D eigenvalue weighted by Gasteiger charge is 2.32. The molecule has 5 nitrogen and oxygen atoms in total. The predicted octanol–water partition coefficient (Wildman–Crippen LogP) is 6.20. The Balaban J connectivity index is 1.30. The van der Waals surface area contributed by atoms with Crippen LogP contribution in [-0.2, 0) is 16.8 Å². The number of rotatable bonds is 8. The number of piperidine rings is 1. The van der Waals surface area contributed by atoms with Crippen LogP contribution in [0.4, 0.5) is 0 Å². The topological polar surface area (TPSA) is 50.8 Å². The fraction of sp³-hybridized carbons (Fsp3) is 0.345. The second-order valence-electron chi connectivity index (χ2n) is 9.56. The molecule has 0 aliphatic carbocycles. The lowest BCUT2D eigenvalue weighted by atomic mass is 9.83. The first-order chi connectivity index (χ1) is 16.8. The quantitative estimate of drug-likeness (QED) is 0.406. The minimum absolute atomic E-state index is 0.0551. The van der Waals surface area contributed by atoms with Crippen molar-refractivity contribution in [3.05, 3.63) is 88.9 Å². The van der Waals surface area contributed by atoms with Crippen molar-refractivity contribution in [1.82, 2.24) is 10.2 Å². The van der Waals surface area contributed by atoms with E-state index in [-0.39, 0.29) is 11.9 Å². The second kappa shape index (κ2) is 11.1. The Morgan fingerprint density at radius 2 is 1.69 bits per heavy atom. The first-order valence-electron chi connectivity index (χ1n) is 12.0. The van der Waals surface area contributed by atoms with Crippen molar-refractivity contribution >= 4 is 17.5 Å². The molecule has 0 unspecified atom stereocenters. The highest BCUT2D eigenvalue weighted by atomic mass is 35.5. The molecular formula is C29H33ClN2O3. The largest absolute Gasteiger partial charge is 0.493 e. The number of amides is 1. The first kappa shape index (κ1) is 25.1. The molecule has 35 heavy (non-hydrogen) atoms. The third kappa shape index (κ3) is 6.36. The number of benzene rings is 3. The van der Waals surface area contributed by atoms with Gasteiger partial charge in [-0.2, -0.15) is 0 Å². The molecule has 1 fully saturated rings. The summed E-state index contributed by atoms with van der Waals surface area (Å²) in [6.45, 7) is 6.63. The maximum absolute atomic E-state index is 13.0. The summed E-state index contributed by atoms with van der Waals surface area (Å²) in [6, 6.07) is 23.5. The number of halogens is 1. The number of para-hydroxylation sites is 2. The molecule has 0 spiro atoms. The number of hydrogen-bond donors (Lipinski definition) is 1. The van der Waals surface area contributed by atoms with Crippen LogP contribution in [0.5, 0.6) is 17.2 Å². The van der Waals surface area contributed by atoms with Gasteiger partial charge in [-0.3, -0.25) is 9.69 Å². The van der Waals surface area contributed by atoms with Crippen LogP contribution in [-0.4, -0.2) is 37.0 Å². The minimum Gasteiger partial charge on any atom is -0.493 e. The van der Waals surface area contributed by atoms with Gasteiger partial charge in [-0.05, 0) is 74.2 Å². The normalized spacial score (nSPS) is 15.0. The van der Waals surface area contributed by atoms with Crippen molar-refractivity contribution in [2.45, 2.75) is 44.7 Å². The Hall–Kier alpha value is -3.02. The van der Waals surface area contributed by atoms with Crippen molar-refractivity contribution in [2.75, 3.05) is 20.2 Å². The van der Waals surface area contributed by atoms with Crippen LogP contribution in [0.3, 0.4) is 0 Å². The monoisotopic (exact) mass is 492 g/mol. The molecule has 1 aliphatic rings. The second-order valence-corrected chi connectivity index (χ2v) is 9.99. The molecule has 4 rings (SSSR count). The maximum atomic E-state index is 13.0. The van der Waals surface area contributed by atoms with Crippen LogP contribution in [0.2, 0.25) is 5.02 Å². The number of methoxy groups -OCH3 is 1. The lowest BCUT2D eigenvalue weighted by Gasteiger charge is -2.34.